The summed E-state index contributed by atoms with van der Waals surface area (Å²) < 4.78 is 20.2. The van der Waals surface area contributed by atoms with E-state index in [0.29, 0.717) is 17.1 Å². The lowest BCUT2D eigenvalue weighted by atomic mass is 10.1. The molecule has 0 spiro atoms. The Balaban J connectivity index is 1.94. The monoisotopic (exact) mass is 345 g/mol. The van der Waals surface area contributed by atoms with Crippen LogP contribution >= 0.6 is 15.9 Å². The Hall–Kier alpha value is -1.91. The van der Waals surface area contributed by atoms with E-state index in [9.17, 15) is 4.39 Å². The quantitative estimate of drug-likeness (QED) is 0.725. The molecule has 0 unspecified atom stereocenters. The van der Waals surface area contributed by atoms with Gasteiger partial charge in [0.1, 0.15) is 17.3 Å². The van der Waals surface area contributed by atoms with Gasteiger partial charge in [0.05, 0.1) is 0 Å². The van der Waals surface area contributed by atoms with Crippen molar-refractivity contribution in [2.75, 3.05) is 0 Å². The summed E-state index contributed by atoms with van der Waals surface area (Å²) in [4.78, 5) is 0. The second-order valence-corrected chi connectivity index (χ2v) is 5.67. The van der Waals surface area contributed by atoms with Crippen molar-refractivity contribution in [3.63, 3.8) is 0 Å². The predicted molar refractivity (Wildman–Crippen MR) is 86.0 cm³/mol. The van der Waals surface area contributed by atoms with Gasteiger partial charge in [0.2, 0.25) is 0 Å². The highest BCUT2D eigenvalue weighted by molar-refractivity contribution is 9.10. The number of ether oxygens (including phenoxy) is 1. The third kappa shape index (κ3) is 3.23. The van der Waals surface area contributed by atoms with Crippen LogP contribution in [-0.2, 0) is 6.54 Å². The Morgan fingerprint density at radius 1 is 0.905 bits per heavy atom. The first-order chi connectivity index (χ1) is 10.1. The van der Waals surface area contributed by atoms with Crippen molar-refractivity contribution in [1.29, 1.82) is 0 Å². The van der Waals surface area contributed by atoms with Crippen molar-refractivity contribution in [3.05, 3.63) is 70.5 Å². The smallest absolute Gasteiger partial charge is 0.130 e. The van der Waals surface area contributed by atoms with Gasteiger partial charge in [-0.15, -0.1) is 0 Å². The van der Waals surface area contributed by atoms with Gasteiger partial charge in [0, 0.05) is 17.1 Å². The van der Waals surface area contributed by atoms with Gasteiger partial charge in [-0.05, 0) is 52.7 Å². The molecule has 0 fully saturated rings. The van der Waals surface area contributed by atoms with Crippen molar-refractivity contribution in [3.8, 4) is 11.5 Å². The largest absolute Gasteiger partial charge is 0.457 e. The topological polar surface area (TPSA) is 35.2 Å². The maximum absolute atomic E-state index is 13.5. The summed E-state index contributed by atoms with van der Waals surface area (Å²) >= 11 is 3.44. The van der Waals surface area contributed by atoms with E-state index in [0.717, 1.165) is 15.2 Å². The first-order valence-corrected chi connectivity index (χ1v) is 7.30. The van der Waals surface area contributed by atoms with Gasteiger partial charge < -0.3 is 10.5 Å². The minimum absolute atomic E-state index is 0.278. The number of nitrogens with two attached hydrogens (primary N) is 1. The molecule has 0 aliphatic carbocycles. The van der Waals surface area contributed by atoms with Crippen molar-refractivity contribution in [2.24, 2.45) is 5.73 Å². The Morgan fingerprint density at radius 3 is 2.48 bits per heavy atom. The van der Waals surface area contributed by atoms with Crippen LogP contribution < -0.4 is 10.5 Å². The molecule has 0 saturated heterocycles. The number of rotatable bonds is 3. The van der Waals surface area contributed by atoms with Crippen LogP contribution in [0.1, 0.15) is 5.56 Å². The summed E-state index contributed by atoms with van der Waals surface area (Å²) in [6.45, 7) is 0.278. The van der Waals surface area contributed by atoms with E-state index < -0.39 is 0 Å². The average molecular weight is 346 g/mol. The molecular formula is C17H13BrFNO. The molecule has 0 saturated carbocycles. The van der Waals surface area contributed by atoms with Crippen LogP contribution in [0, 0.1) is 5.82 Å². The predicted octanol–water partition coefficient (Wildman–Crippen LogP) is 4.99. The molecule has 0 radical (unpaired) electrons. The maximum atomic E-state index is 13.5. The van der Waals surface area contributed by atoms with Crippen molar-refractivity contribution < 1.29 is 9.13 Å². The maximum Gasteiger partial charge on any atom is 0.130 e. The molecule has 3 aromatic rings. The van der Waals surface area contributed by atoms with Gasteiger partial charge in [0.25, 0.3) is 0 Å². The molecule has 2 nitrogen and oxygen atoms in total. The summed E-state index contributed by atoms with van der Waals surface area (Å²) in [5.41, 5.74) is 6.25. The molecule has 106 valence electrons. The summed E-state index contributed by atoms with van der Waals surface area (Å²) in [7, 11) is 0. The van der Waals surface area contributed by atoms with Gasteiger partial charge in [-0.2, -0.15) is 0 Å². The molecule has 4 heteroatoms. The van der Waals surface area contributed by atoms with E-state index in [1.54, 1.807) is 6.07 Å². The number of halogens is 2. The molecule has 0 atom stereocenters. The van der Waals surface area contributed by atoms with E-state index in [2.05, 4.69) is 15.9 Å². The number of benzene rings is 3. The van der Waals surface area contributed by atoms with Gasteiger partial charge in [-0.25, -0.2) is 4.39 Å². The zero-order chi connectivity index (χ0) is 14.8. The second kappa shape index (κ2) is 5.84. The van der Waals surface area contributed by atoms with Gasteiger partial charge in [-0.1, -0.05) is 28.1 Å². The SMILES string of the molecule is NCc1cc(F)cc(Oc2ccc3cc(Br)ccc3c2)c1. The standard InChI is InChI=1S/C17H13BrFNO/c18-14-3-1-13-8-16(4-2-12(13)7-14)21-17-6-11(10-20)5-15(19)9-17/h1-9H,10,20H2. The van der Waals surface area contributed by atoms with Gasteiger partial charge in [0.15, 0.2) is 0 Å². The highest BCUT2D eigenvalue weighted by atomic mass is 79.9. The van der Waals surface area contributed by atoms with Crippen LogP contribution in [-0.4, -0.2) is 0 Å². The van der Waals surface area contributed by atoms with E-state index in [4.69, 9.17) is 10.5 Å². The third-order valence-electron chi connectivity index (χ3n) is 3.18. The fourth-order valence-electron chi connectivity index (χ4n) is 2.19. The zero-order valence-electron chi connectivity index (χ0n) is 11.1. The minimum atomic E-state index is -0.349. The molecular weight excluding hydrogens is 333 g/mol. The number of fused-ring (bicyclic) bond motifs is 1. The van der Waals surface area contributed by atoms with Crippen molar-refractivity contribution >= 4 is 26.7 Å². The summed E-state index contributed by atoms with van der Waals surface area (Å²) in [5.74, 6) is 0.767. The third-order valence-corrected chi connectivity index (χ3v) is 3.67. The van der Waals surface area contributed by atoms with E-state index in [-0.39, 0.29) is 12.4 Å². The fourth-order valence-corrected chi connectivity index (χ4v) is 2.57. The molecule has 3 rings (SSSR count). The molecule has 0 amide bonds. The van der Waals surface area contributed by atoms with E-state index >= 15 is 0 Å². The molecule has 21 heavy (non-hydrogen) atoms. The first-order valence-electron chi connectivity index (χ1n) is 6.51. The first kappa shape index (κ1) is 14.0. The van der Waals surface area contributed by atoms with Crippen LogP contribution in [0.2, 0.25) is 0 Å². The van der Waals surface area contributed by atoms with Crippen LogP contribution in [0.5, 0.6) is 11.5 Å². The molecule has 0 aliphatic heterocycles. The fraction of sp³-hybridized carbons (Fsp3) is 0.0588. The lowest BCUT2D eigenvalue weighted by Gasteiger charge is -2.09. The molecule has 3 aromatic carbocycles. The van der Waals surface area contributed by atoms with Crippen LogP contribution in [0.25, 0.3) is 10.8 Å². The van der Waals surface area contributed by atoms with Crippen molar-refractivity contribution in [1.82, 2.24) is 0 Å². The lowest BCUT2D eigenvalue weighted by molar-refractivity contribution is 0.476. The summed E-state index contributed by atoms with van der Waals surface area (Å²) in [6.07, 6.45) is 0. The number of hydrogen-bond acceptors (Lipinski definition) is 2. The van der Waals surface area contributed by atoms with Crippen LogP contribution in [0.4, 0.5) is 4.39 Å². The van der Waals surface area contributed by atoms with Crippen molar-refractivity contribution in [2.45, 2.75) is 6.54 Å². The van der Waals surface area contributed by atoms with Gasteiger partial charge >= 0.3 is 0 Å². The normalized spacial score (nSPS) is 10.8. The Bertz CT molecular complexity index is 804. The molecule has 0 aromatic heterocycles. The van der Waals surface area contributed by atoms with Crippen LogP contribution in [0.3, 0.4) is 0 Å². The molecule has 0 aliphatic rings. The molecule has 2 N–H and O–H groups in total. The second-order valence-electron chi connectivity index (χ2n) is 4.75. The van der Waals surface area contributed by atoms with E-state index in [1.807, 2.05) is 36.4 Å². The highest BCUT2D eigenvalue weighted by Crippen LogP contribution is 2.28. The molecule has 0 bridgehead atoms. The minimum Gasteiger partial charge on any atom is -0.457 e. The average Bonchev–Trinajstić information content (AvgIpc) is 2.47. The highest BCUT2D eigenvalue weighted by Gasteiger charge is 2.04. The van der Waals surface area contributed by atoms with Gasteiger partial charge in [-0.3, -0.25) is 0 Å². The Kier molecular flexibility index (Phi) is 3.90. The van der Waals surface area contributed by atoms with Crippen LogP contribution in [0.15, 0.2) is 59.1 Å². The Morgan fingerprint density at radius 2 is 1.67 bits per heavy atom. The molecule has 0 heterocycles. The summed E-state index contributed by atoms with van der Waals surface area (Å²) in [5, 5.41) is 2.17. The van der Waals surface area contributed by atoms with E-state index in [1.165, 1.54) is 12.1 Å². The Labute approximate surface area is 130 Å². The number of hydrogen-bond donors (Lipinski definition) is 1. The summed E-state index contributed by atoms with van der Waals surface area (Å²) in [6, 6.07) is 16.3. The zero-order valence-corrected chi connectivity index (χ0v) is 12.7. The lowest BCUT2D eigenvalue weighted by Crippen LogP contribution is -1.97.